The number of piperazine rings is 1. The maximum atomic E-state index is 13.1. The van der Waals surface area contributed by atoms with Crippen LogP contribution in [0.3, 0.4) is 0 Å². The number of nitrogens with zero attached hydrogens (tertiary/aromatic N) is 5. The van der Waals surface area contributed by atoms with Gasteiger partial charge in [-0.15, -0.1) is 0 Å². The highest BCUT2D eigenvalue weighted by molar-refractivity contribution is 6.01. The Hall–Kier alpha value is -3.22. The van der Waals surface area contributed by atoms with Gasteiger partial charge in [-0.2, -0.15) is 5.10 Å². The zero-order chi connectivity index (χ0) is 20.0. The molecule has 0 N–H and O–H groups in total. The summed E-state index contributed by atoms with van der Waals surface area (Å²) in [5, 5.41) is 4.41. The average molecular weight is 377 g/mol. The maximum absolute atomic E-state index is 13.1. The summed E-state index contributed by atoms with van der Waals surface area (Å²) in [6.45, 7) is 8.29. The van der Waals surface area contributed by atoms with E-state index in [1.54, 1.807) is 20.4 Å². The van der Waals surface area contributed by atoms with Crippen LogP contribution in [0.15, 0.2) is 36.4 Å². The van der Waals surface area contributed by atoms with Crippen LogP contribution in [0.1, 0.15) is 34.4 Å². The van der Waals surface area contributed by atoms with Crippen molar-refractivity contribution in [3.63, 3.8) is 0 Å². The first-order chi connectivity index (χ1) is 13.3. The number of hydrogen-bond acceptors (Lipinski definition) is 4. The van der Waals surface area contributed by atoms with E-state index in [0.717, 1.165) is 22.6 Å². The second-order valence-corrected chi connectivity index (χ2v) is 7.46. The number of aryl methyl sites for hydroxylation is 3. The minimum atomic E-state index is -0.244. The Bertz CT molecular complexity index is 1070. The molecule has 2 amide bonds. The van der Waals surface area contributed by atoms with Crippen molar-refractivity contribution in [2.24, 2.45) is 0 Å². The van der Waals surface area contributed by atoms with Crippen molar-refractivity contribution in [1.29, 1.82) is 0 Å². The zero-order valence-electron chi connectivity index (χ0n) is 16.5. The van der Waals surface area contributed by atoms with Crippen molar-refractivity contribution in [3.05, 3.63) is 59.0 Å². The molecule has 7 nitrogen and oxygen atoms in total. The molecule has 144 valence electrons. The van der Waals surface area contributed by atoms with Crippen LogP contribution in [0.4, 0.5) is 5.69 Å². The predicted molar refractivity (Wildman–Crippen MR) is 106 cm³/mol. The molecule has 1 fully saturated rings. The summed E-state index contributed by atoms with van der Waals surface area (Å²) in [6, 6.07) is 11.3. The lowest BCUT2D eigenvalue weighted by atomic mass is 10.1. The minimum absolute atomic E-state index is 0.0349. The van der Waals surface area contributed by atoms with Crippen LogP contribution in [0.25, 0.3) is 5.65 Å². The highest BCUT2D eigenvalue weighted by Gasteiger charge is 2.34. The highest BCUT2D eigenvalue weighted by Crippen LogP contribution is 2.22. The second kappa shape index (κ2) is 6.74. The molecule has 1 aliphatic heterocycles. The van der Waals surface area contributed by atoms with Gasteiger partial charge < -0.3 is 9.80 Å². The summed E-state index contributed by atoms with van der Waals surface area (Å²) in [5.41, 5.74) is 4.73. The monoisotopic (exact) mass is 377 g/mol. The molecule has 0 unspecified atom stereocenters. The van der Waals surface area contributed by atoms with Crippen molar-refractivity contribution >= 4 is 23.1 Å². The first-order valence-corrected chi connectivity index (χ1v) is 9.35. The van der Waals surface area contributed by atoms with Crippen LogP contribution in [-0.2, 0) is 4.79 Å². The summed E-state index contributed by atoms with van der Waals surface area (Å²) < 4.78 is 1.66. The van der Waals surface area contributed by atoms with Gasteiger partial charge in [-0.25, -0.2) is 9.50 Å². The number of benzene rings is 1. The number of anilines is 1. The normalized spacial score (nSPS) is 17.4. The summed E-state index contributed by atoms with van der Waals surface area (Å²) in [4.78, 5) is 33.6. The van der Waals surface area contributed by atoms with Gasteiger partial charge in [0.2, 0.25) is 5.91 Å². The van der Waals surface area contributed by atoms with Gasteiger partial charge in [0.15, 0.2) is 11.3 Å². The predicted octanol–water partition coefficient (Wildman–Crippen LogP) is 2.53. The van der Waals surface area contributed by atoms with Crippen molar-refractivity contribution < 1.29 is 9.59 Å². The summed E-state index contributed by atoms with van der Waals surface area (Å²) in [6.07, 6.45) is 0. The fourth-order valence-electron chi connectivity index (χ4n) is 3.64. The van der Waals surface area contributed by atoms with E-state index in [2.05, 4.69) is 10.1 Å². The standard InChI is InChI=1S/C21H23N5O2/c1-13-5-7-17(8-6-13)25-11-16(4)24(12-20(25)27)21(28)18-10-19-22-14(2)9-15(3)26(19)23-18/h5-10,16H,11-12H2,1-4H3/t16-/m0/s1. The van der Waals surface area contributed by atoms with Gasteiger partial charge in [-0.05, 0) is 45.9 Å². The fourth-order valence-corrected chi connectivity index (χ4v) is 3.64. The van der Waals surface area contributed by atoms with Crippen molar-refractivity contribution in [2.45, 2.75) is 33.7 Å². The smallest absolute Gasteiger partial charge is 0.275 e. The van der Waals surface area contributed by atoms with E-state index < -0.39 is 0 Å². The van der Waals surface area contributed by atoms with Crippen LogP contribution in [0.2, 0.25) is 0 Å². The van der Waals surface area contributed by atoms with Gasteiger partial charge in [0.05, 0.1) is 0 Å². The Morgan fingerprint density at radius 2 is 1.82 bits per heavy atom. The third-order valence-electron chi connectivity index (χ3n) is 5.14. The first-order valence-electron chi connectivity index (χ1n) is 9.35. The number of rotatable bonds is 2. The van der Waals surface area contributed by atoms with Gasteiger partial charge >= 0.3 is 0 Å². The van der Waals surface area contributed by atoms with Crippen LogP contribution in [0.5, 0.6) is 0 Å². The molecule has 0 bridgehead atoms. The van der Waals surface area contributed by atoms with Crippen LogP contribution >= 0.6 is 0 Å². The molecule has 1 aromatic carbocycles. The average Bonchev–Trinajstić information content (AvgIpc) is 3.08. The molecule has 0 radical (unpaired) electrons. The van der Waals surface area contributed by atoms with Crippen molar-refractivity contribution in [1.82, 2.24) is 19.5 Å². The molecular weight excluding hydrogens is 354 g/mol. The topological polar surface area (TPSA) is 70.8 Å². The van der Waals surface area contributed by atoms with Crippen LogP contribution in [0, 0.1) is 20.8 Å². The van der Waals surface area contributed by atoms with Gasteiger partial charge in [0.1, 0.15) is 6.54 Å². The molecule has 0 aliphatic carbocycles. The Kier molecular flexibility index (Phi) is 4.37. The Balaban J connectivity index is 1.58. The number of amides is 2. The summed E-state index contributed by atoms with van der Waals surface area (Å²) in [5.74, 6) is -0.337. The zero-order valence-corrected chi connectivity index (χ0v) is 16.5. The number of carbonyl (C=O) groups is 2. The Morgan fingerprint density at radius 3 is 2.54 bits per heavy atom. The van der Waals surface area contributed by atoms with Gasteiger partial charge in [0.25, 0.3) is 5.91 Å². The lowest BCUT2D eigenvalue weighted by molar-refractivity contribution is -0.121. The molecule has 3 heterocycles. The fraction of sp³-hybridized carbons (Fsp3) is 0.333. The number of aromatic nitrogens is 3. The number of fused-ring (bicyclic) bond motifs is 1. The maximum Gasteiger partial charge on any atom is 0.275 e. The molecule has 1 aliphatic rings. The first kappa shape index (κ1) is 18.2. The third-order valence-corrected chi connectivity index (χ3v) is 5.14. The van der Waals surface area contributed by atoms with E-state index in [0.29, 0.717) is 17.9 Å². The Morgan fingerprint density at radius 1 is 1.11 bits per heavy atom. The summed E-state index contributed by atoms with van der Waals surface area (Å²) >= 11 is 0. The molecule has 0 spiro atoms. The van der Waals surface area contributed by atoms with Gasteiger partial charge in [-0.3, -0.25) is 9.59 Å². The molecule has 28 heavy (non-hydrogen) atoms. The van der Waals surface area contributed by atoms with E-state index in [1.807, 2.05) is 58.0 Å². The molecule has 7 heteroatoms. The van der Waals surface area contributed by atoms with E-state index in [9.17, 15) is 9.59 Å². The summed E-state index contributed by atoms with van der Waals surface area (Å²) in [7, 11) is 0. The van der Waals surface area contributed by atoms with E-state index in [4.69, 9.17) is 0 Å². The van der Waals surface area contributed by atoms with Gasteiger partial charge in [0, 0.05) is 35.7 Å². The molecule has 3 aromatic rings. The molecular formula is C21H23N5O2. The molecule has 2 aromatic heterocycles. The Labute approximate surface area is 163 Å². The van der Waals surface area contributed by atoms with Crippen LogP contribution in [-0.4, -0.2) is 50.4 Å². The van der Waals surface area contributed by atoms with Gasteiger partial charge in [-0.1, -0.05) is 17.7 Å². The quantitative estimate of drug-likeness (QED) is 0.688. The largest absolute Gasteiger partial charge is 0.323 e. The second-order valence-electron chi connectivity index (χ2n) is 7.46. The van der Waals surface area contributed by atoms with E-state index in [1.165, 1.54) is 0 Å². The van der Waals surface area contributed by atoms with Crippen molar-refractivity contribution in [3.8, 4) is 0 Å². The van der Waals surface area contributed by atoms with Crippen molar-refractivity contribution in [2.75, 3.05) is 18.0 Å². The minimum Gasteiger partial charge on any atom is -0.323 e. The SMILES string of the molecule is Cc1ccc(N2C[C@H](C)N(C(=O)c3cc4nc(C)cc(C)n4n3)CC2=O)cc1. The number of hydrogen-bond donors (Lipinski definition) is 0. The molecule has 1 saturated heterocycles. The van der Waals surface area contributed by atoms with E-state index in [-0.39, 0.29) is 24.4 Å². The highest BCUT2D eigenvalue weighted by atomic mass is 16.2. The lowest BCUT2D eigenvalue weighted by Crippen LogP contribution is -2.57. The van der Waals surface area contributed by atoms with E-state index >= 15 is 0 Å². The molecule has 4 rings (SSSR count). The number of carbonyl (C=O) groups excluding carboxylic acids is 2. The molecule has 1 atom stereocenters. The van der Waals surface area contributed by atoms with Crippen LogP contribution < -0.4 is 4.90 Å². The lowest BCUT2D eigenvalue weighted by Gasteiger charge is -2.39. The third kappa shape index (κ3) is 3.13. The molecule has 0 saturated carbocycles.